The molecule has 0 amide bonds. The Morgan fingerprint density at radius 3 is 2.56 bits per heavy atom. The number of fused-ring (bicyclic) bond motifs is 2. The summed E-state index contributed by atoms with van der Waals surface area (Å²) < 4.78 is 18.5. The SMILES string of the molecule is Fc1ccc(CN2[C@H]3CCC[C@H]2CC(NC(=S)NCc2ccco2)C3)cc1. The van der Waals surface area contributed by atoms with Gasteiger partial charge in [-0.3, -0.25) is 4.90 Å². The predicted molar refractivity (Wildman–Crippen MR) is 108 cm³/mol. The molecule has 0 radical (unpaired) electrons. The van der Waals surface area contributed by atoms with Gasteiger partial charge in [0, 0.05) is 24.7 Å². The minimum absolute atomic E-state index is 0.169. The summed E-state index contributed by atoms with van der Waals surface area (Å²) in [5, 5.41) is 7.43. The number of furan rings is 1. The van der Waals surface area contributed by atoms with Crippen molar-refractivity contribution in [3.63, 3.8) is 0 Å². The molecule has 27 heavy (non-hydrogen) atoms. The summed E-state index contributed by atoms with van der Waals surface area (Å²) in [5.74, 6) is 0.711. The van der Waals surface area contributed by atoms with Crippen LogP contribution < -0.4 is 10.6 Å². The highest BCUT2D eigenvalue weighted by molar-refractivity contribution is 7.80. The van der Waals surface area contributed by atoms with Crippen LogP contribution in [-0.2, 0) is 13.1 Å². The van der Waals surface area contributed by atoms with Gasteiger partial charge in [-0.25, -0.2) is 4.39 Å². The molecule has 6 heteroatoms. The van der Waals surface area contributed by atoms with Crippen molar-refractivity contribution in [1.82, 2.24) is 15.5 Å². The average Bonchev–Trinajstić information content (AvgIpc) is 3.16. The maximum absolute atomic E-state index is 13.2. The van der Waals surface area contributed by atoms with E-state index in [1.165, 1.54) is 24.8 Å². The van der Waals surface area contributed by atoms with E-state index in [0.717, 1.165) is 25.1 Å². The smallest absolute Gasteiger partial charge is 0.166 e. The van der Waals surface area contributed by atoms with Gasteiger partial charge in [-0.2, -0.15) is 0 Å². The van der Waals surface area contributed by atoms with Gasteiger partial charge >= 0.3 is 0 Å². The van der Waals surface area contributed by atoms with E-state index in [-0.39, 0.29) is 5.82 Å². The van der Waals surface area contributed by atoms with Gasteiger partial charge in [0.2, 0.25) is 0 Å². The molecule has 2 aliphatic heterocycles. The number of piperidine rings is 2. The molecule has 2 saturated heterocycles. The zero-order valence-electron chi connectivity index (χ0n) is 15.4. The average molecular weight is 388 g/mol. The van der Waals surface area contributed by atoms with Gasteiger partial charge in [0.25, 0.3) is 0 Å². The number of nitrogens with zero attached hydrogens (tertiary/aromatic N) is 1. The standard InChI is InChI=1S/C21H26FN3OS/c22-16-8-6-15(7-9-16)14-25-18-3-1-4-19(25)12-17(11-18)24-21(27)23-13-20-5-2-10-26-20/h2,5-10,17-19H,1,3-4,11-14H2,(H2,23,24,27)/t18-,19-/m0/s1. The number of hydrogen-bond acceptors (Lipinski definition) is 3. The van der Waals surface area contributed by atoms with Crippen LogP contribution in [0.2, 0.25) is 0 Å². The van der Waals surface area contributed by atoms with Crippen LogP contribution in [0.1, 0.15) is 43.4 Å². The molecule has 2 bridgehead atoms. The molecule has 2 N–H and O–H groups in total. The third-order valence-electron chi connectivity index (χ3n) is 5.74. The number of benzene rings is 1. The lowest BCUT2D eigenvalue weighted by Crippen LogP contribution is -2.57. The largest absolute Gasteiger partial charge is 0.467 e. The fourth-order valence-electron chi connectivity index (χ4n) is 4.47. The van der Waals surface area contributed by atoms with Gasteiger partial charge in [-0.15, -0.1) is 0 Å². The Bertz CT molecular complexity index is 735. The number of rotatable bonds is 5. The summed E-state index contributed by atoms with van der Waals surface area (Å²) >= 11 is 5.47. The van der Waals surface area contributed by atoms with Crippen molar-refractivity contribution in [2.75, 3.05) is 0 Å². The normalized spacial score (nSPS) is 25.1. The zero-order valence-corrected chi connectivity index (χ0v) is 16.2. The lowest BCUT2D eigenvalue weighted by molar-refractivity contribution is 0.0210. The second-order valence-electron chi connectivity index (χ2n) is 7.61. The molecule has 1 aromatic heterocycles. The van der Waals surface area contributed by atoms with Crippen LogP contribution in [0.5, 0.6) is 0 Å². The molecule has 3 heterocycles. The first-order valence-electron chi connectivity index (χ1n) is 9.74. The highest BCUT2D eigenvalue weighted by atomic mass is 32.1. The zero-order chi connectivity index (χ0) is 18.6. The Balaban J connectivity index is 1.32. The van der Waals surface area contributed by atoms with Crippen LogP contribution in [0.3, 0.4) is 0 Å². The van der Waals surface area contributed by atoms with Gasteiger partial charge in [-0.05, 0) is 67.7 Å². The third kappa shape index (κ3) is 4.68. The van der Waals surface area contributed by atoms with Crippen LogP contribution >= 0.6 is 12.2 Å². The van der Waals surface area contributed by atoms with Crippen LogP contribution in [0.4, 0.5) is 4.39 Å². The summed E-state index contributed by atoms with van der Waals surface area (Å²) in [4.78, 5) is 2.62. The first-order chi connectivity index (χ1) is 13.2. The monoisotopic (exact) mass is 387 g/mol. The molecule has 144 valence electrons. The molecular formula is C21H26FN3OS. The molecule has 1 aromatic carbocycles. The fourth-order valence-corrected chi connectivity index (χ4v) is 4.71. The number of thiocarbonyl (C=S) groups is 1. The maximum atomic E-state index is 13.2. The highest BCUT2D eigenvalue weighted by Gasteiger charge is 2.38. The Kier molecular flexibility index (Phi) is 5.74. The summed E-state index contributed by atoms with van der Waals surface area (Å²) in [6.45, 7) is 1.51. The first-order valence-corrected chi connectivity index (χ1v) is 10.1. The summed E-state index contributed by atoms with van der Waals surface area (Å²) in [7, 11) is 0. The van der Waals surface area contributed by atoms with E-state index in [2.05, 4.69) is 15.5 Å². The van der Waals surface area contributed by atoms with Crippen LogP contribution in [-0.4, -0.2) is 28.1 Å². The van der Waals surface area contributed by atoms with Gasteiger partial charge in [0.15, 0.2) is 5.11 Å². The lowest BCUT2D eigenvalue weighted by atomic mass is 9.81. The Hall–Kier alpha value is -1.92. The van der Waals surface area contributed by atoms with E-state index in [4.69, 9.17) is 16.6 Å². The Morgan fingerprint density at radius 2 is 1.89 bits per heavy atom. The van der Waals surface area contributed by atoms with Crippen LogP contribution in [0.15, 0.2) is 47.1 Å². The molecule has 2 fully saturated rings. The summed E-state index contributed by atoms with van der Waals surface area (Å²) in [6, 6.07) is 12.3. The van der Waals surface area contributed by atoms with Crippen molar-refractivity contribution in [2.24, 2.45) is 0 Å². The second kappa shape index (κ2) is 8.40. The van der Waals surface area contributed by atoms with Crippen molar-refractivity contribution < 1.29 is 8.81 Å². The molecule has 2 aliphatic rings. The molecule has 2 aromatic rings. The second-order valence-corrected chi connectivity index (χ2v) is 8.02. The van der Waals surface area contributed by atoms with Gasteiger partial charge in [0.1, 0.15) is 11.6 Å². The summed E-state index contributed by atoms with van der Waals surface area (Å²) in [6.07, 6.45) is 7.61. The molecule has 2 atom stereocenters. The van der Waals surface area contributed by atoms with E-state index < -0.39 is 0 Å². The van der Waals surface area contributed by atoms with Crippen LogP contribution in [0.25, 0.3) is 0 Å². The van der Waals surface area contributed by atoms with Crippen molar-refractivity contribution in [3.8, 4) is 0 Å². The predicted octanol–water partition coefficient (Wildman–Crippen LogP) is 3.97. The molecule has 0 spiro atoms. The number of hydrogen-bond donors (Lipinski definition) is 2. The van der Waals surface area contributed by atoms with Crippen molar-refractivity contribution in [1.29, 1.82) is 0 Å². The topological polar surface area (TPSA) is 40.4 Å². The molecule has 0 saturated carbocycles. The minimum Gasteiger partial charge on any atom is -0.467 e. The van der Waals surface area contributed by atoms with Gasteiger partial charge < -0.3 is 15.1 Å². The molecular weight excluding hydrogens is 361 g/mol. The quantitative estimate of drug-likeness (QED) is 0.760. The molecule has 0 aliphatic carbocycles. The van der Waals surface area contributed by atoms with E-state index >= 15 is 0 Å². The lowest BCUT2D eigenvalue weighted by Gasteiger charge is -2.49. The van der Waals surface area contributed by atoms with E-state index in [0.29, 0.717) is 29.8 Å². The first kappa shape index (κ1) is 18.4. The fraction of sp³-hybridized carbons (Fsp3) is 0.476. The number of nitrogens with one attached hydrogen (secondary N) is 2. The summed E-state index contributed by atoms with van der Waals surface area (Å²) in [5.41, 5.74) is 1.19. The van der Waals surface area contributed by atoms with Gasteiger partial charge in [0.05, 0.1) is 12.8 Å². The van der Waals surface area contributed by atoms with E-state index in [9.17, 15) is 4.39 Å². The number of halogens is 1. The molecule has 0 unspecified atom stereocenters. The maximum Gasteiger partial charge on any atom is 0.166 e. The minimum atomic E-state index is -0.169. The van der Waals surface area contributed by atoms with Crippen molar-refractivity contribution in [2.45, 2.75) is 63.3 Å². The van der Waals surface area contributed by atoms with Crippen molar-refractivity contribution in [3.05, 3.63) is 59.8 Å². The Morgan fingerprint density at radius 1 is 1.15 bits per heavy atom. The van der Waals surface area contributed by atoms with Crippen molar-refractivity contribution >= 4 is 17.3 Å². The molecule has 4 rings (SSSR count). The highest BCUT2D eigenvalue weighted by Crippen LogP contribution is 2.35. The van der Waals surface area contributed by atoms with E-state index in [1.54, 1.807) is 18.4 Å². The molecule has 4 nitrogen and oxygen atoms in total. The Labute approximate surface area is 165 Å². The van der Waals surface area contributed by atoms with E-state index in [1.807, 2.05) is 24.3 Å². The van der Waals surface area contributed by atoms with Gasteiger partial charge in [-0.1, -0.05) is 18.6 Å². The van der Waals surface area contributed by atoms with Crippen LogP contribution in [0, 0.1) is 5.82 Å². The third-order valence-corrected chi connectivity index (χ3v) is 6.01.